The number of ether oxygens (including phenoxy) is 2. The van der Waals surface area contributed by atoms with Crippen molar-refractivity contribution in [3.63, 3.8) is 0 Å². The topological polar surface area (TPSA) is 257 Å². The lowest BCUT2D eigenvalue weighted by Crippen LogP contribution is -2.29. The minimum absolute atomic E-state index is 0.348. The number of aromatic amines is 4. The van der Waals surface area contributed by atoms with Crippen LogP contribution in [0.5, 0.6) is 11.5 Å². The third-order valence-corrected chi connectivity index (χ3v) is 9.09. The Morgan fingerprint density at radius 2 is 0.950 bits per heavy atom. The molecule has 60 heavy (non-hydrogen) atoms. The van der Waals surface area contributed by atoms with Gasteiger partial charge in [0.1, 0.15) is 11.5 Å². The lowest BCUT2D eigenvalue weighted by atomic mass is 9.95. The lowest BCUT2D eigenvalue weighted by molar-refractivity contribution is -0.116. The molecule has 0 saturated carbocycles. The van der Waals surface area contributed by atoms with Crippen molar-refractivity contribution in [1.29, 1.82) is 0 Å². The molecule has 2 heterocycles. The van der Waals surface area contributed by atoms with E-state index in [1.807, 2.05) is 39.8 Å². The first-order chi connectivity index (χ1) is 28.7. The number of amides is 2. The van der Waals surface area contributed by atoms with E-state index in [4.69, 9.17) is 9.47 Å². The molecule has 0 aliphatic heterocycles. The predicted octanol–water partition coefficient (Wildman–Crippen LogP) is 5.88. The van der Waals surface area contributed by atoms with Crippen LogP contribution in [0.3, 0.4) is 0 Å². The molecule has 0 bridgehead atoms. The third kappa shape index (κ3) is 9.67. The van der Waals surface area contributed by atoms with Crippen LogP contribution in [0.1, 0.15) is 51.7 Å². The molecule has 0 saturated heterocycles. The van der Waals surface area contributed by atoms with Crippen LogP contribution >= 0.6 is 0 Å². The van der Waals surface area contributed by atoms with Gasteiger partial charge in [0.05, 0.1) is 46.7 Å². The number of hydrogen-bond acceptors (Lipinski definition) is 12. The minimum Gasteiger partial charge on any atom is -0.491 e. The summed E-state index contributed by atoms with van der Waals surface area (Å²) in [6.07, 6.45) is 1.39. The van der Waals surface area contributed by atoms with Gasteiger partial charge in [-0.15, -0.1) is 0 Å². The second-order valence-electron chi connectivity index (χ2n) is 13.9. The molecule has 310 valence electrons. The Morgan fingerprint density at radius 1 is 0.567 bits per heavy atom. The molecule has 18 nitrogen and oxygen atoms in total. The second kappa shape index (κ2) is 18.2. The summed E-state index contributed by atoms with van der Waals surface area (Å²) in [6, 6.07) is 16.8. The Balaban J connectivity index is 1.27. The Hall–Kier alpha value is -7.76. The molecule has 0 radical (unpaired) electrons. The number of fused-ring (bicyclic) bond motifs is 2. The average Bonchev–Trinajstić information content (AvgIpc) is 3.76. The highest BCUT2D eigenvalue weighted by molar-refractivity contribution is 6.67. The summed E-state index contributed by atoms with van der Waals surface area (Å²) in [5, 5.41) is 13.7. The average molecular weight is 817 g/mol. The first kappa shape index (κ1) is 41.9. The van der Waals surface area contributed by atoms with E-state index < -0.39 is 34.8 Å². The second-order valence-corrected chi connectivity index (χ2v) is 13.9. The minimum atomic E-state index is -0.756. The van der Waals surface area contributed by atoms with E-state index in [0.717, 1.165) is 22.3 Å². The number of aromatic nitrogens is 4. The summed E-state index contributed by atoms with van der Waals surface area (Å²) >= 11 is 0. The summed E-state index contributed by atoms with van der Waals surface area (Å²) in [4.78, 5) is 85.6. The summed E-state index contributed by atoms with van der Waals surface area (Å²) in [5.41, 5.74) is 10.9. The van der Waals surface area contributed by atoms with Crippen molar-refractivity contribution in [1.82, 2.24) is 19.9 Å². The molecule has 0 fully saturated rings. The summed E-state index contributed by atoms with van der Waals surface area (Å²) in [7, 11) is 0. The van der Waals surface area contributed by atoms with Gasteiger partial charge in [-0.3, -0.25) is 30.0 Å². The van der Waals surface area contributed by atoms with E-state index in [1.54, 1.807) is 48.5 Å². The SMILES string of the molecule is CCCOc1cc(-c2cc(OCCC)c(N/N=C(\C(C)=O)C(=O)Nc3ccc4[nH]c(=O)[nH]c4c3)cc2C)c(C)cc1N/N=C(\C(C)=O)C(=O)Nc1ccc2[nH]c(=O)[nH]c2c1. The first-order valence-electron chi connectivity index (χ1n) is 19.1. The normalized spacial score (nSPS) is 11.7. The molecule has 2 amide bonds. The van der Waals surface area contributed by atoms with Crippen LogP contribution in [0.2, 0.25) is 0 Å². The Bertz CT molecular complexity index is 2640. The number of benzene rings is 4. The molecule has 0 atom stereocenters. The van der Waals surface area contributed by atoms with E-state index in [2.05, 4.69) is 51.6 Å². The molecule has 6 aromatic rings. The van der Waals surface area contributed by atoms with Gasteiger partial charge < -0.3 is 40.0 Å². The number of nitrogens with zero attached hydrogens (tertiary/aromatic N) is 2. The Kier molecular flexibility index (Phi) is 12.7. The Morgan fingerprint density at radius 3 is 1.32 bits per heavy atom. The predicted molar refractivity (Wildman–Crippen MR) is 231 cm³/mol. The highest BCUT2D eigenvalue weighted by atomic mass is 16.5. The van der Waals surface area contributed by atoms with Crippen LogP contribution in [0.4, 0.5) is 22.7 Å². The number of anilines is 4. The summed E-state index contributed by atoms with van der Waals surface area (Å²) in [5.74, 6) is -1.86. The van der Waals surface area contributed by atoms with Gasteiger partial charge in [0.25, 0.3) is 11.8 Å². The van der Waals surface area contributed by atoms with Gasteiger partial charge in [0.2, 0.25) is 0 Å². The number of aryl methyl sites for hydroxylation is 2. The number of nitrogens with one attached hydrogen (secondary N) is 8. The number of Topliss-reactive ketones (excluding diaryl/α,β-unsaturated/α-hetero) is 2. The van der Waals surface area contributed by atoms with E-state index in [1.165, 1.54) is 13.8 Å². The maximum atomic E-state index is 13.2. The van der Waals surface area contributed by atoms with Crippen LogP contribution < -0.4 is 42.3 Å². The number of hydrogen-bond donors (Lipinski definition) is 8. The van der Waals surface area contributed by atoms with Crippen LogP contribution in [0.25, 0.3) is 33.2 Å². The van der Waals surface area contributed by atoms with Gasteiger partial charge in [-0.05, 0) is 110 Å². The number of hydrazone groups is 2. The largest absolute Gasteiger partial charge is 0.491 e. The fraction of sp³-hybridized carbons (Fsp3) is 0.238. The number of carbonyl (C=O) groups excluding carboxylic acids is 4. The molecule has 0 spiro atoms. The molecule has 6 rings (SSSR count). The quantitative estimate of drug-likeness (QED) is 0.0308. The van der Waals surface area contributed by atoms with Crippen molar-refractivity contribution in [2.45, 2.75) is 54.4 Å². The van der Waals surface area contributed by atoms with Crippen molar-refractivity contribution in [3.8, 4) is 22.6 Å². The van der Waals surface area contributed by atoms with Crippen molar-refractivity contribution in [2.24, 2.45) is 10.2 Å². The fourth-order valence-electron chi connectivity index (χ4n) is 6.21. The van der Waals surface area contributed by atoms with Crippen LogP contribution in [0.15, 0.2) is 80.5 Å². The fourth-order valence-corrected chi connectivity index (χ4v) is 6.21. The maximum Gasteiger partial charge on any atom is 0.323 e. The molecular weight excluding hydrogens is 773 g/mol. The number of imidazole rings is 2. The van der Waals surface area contributed by atoms with Gasteiger partial charge in [0.15, 0.2) is 23.0 Å². The van der Waals surface area contributed by atoms with E-state index in [0.29, 0.717) is 82.4 Å². The monoisotopic (exact) mass is 816 g/mol. The molecule has 0 aliphatic rings. The molecule has 8 N–H and O–H groups in total. The number of carbonyl (C=O) groups is 4. The third-order valence-electron chi connectivity index (χ3n) is 9.09. The maximum absolute atomic E-state index is 13.2. The van der Waals surface area contributed by atoms with Crippen molar-refractivity contribution >= 4 is 79.6 Å². The number of ketones is 2. The van der Waals surface area contributed by atoms with E-state index in [-0.39, 0.29) is 11.4 Å². The Labute approximate surface area is 342 Å². The van der Waals surface area contributed by atoms with Crippen molar-refractivity contribution in [2.75, 3.05) is 34.7 Å². The molecule has 2 aromatic heterocycles. The number of rotatable bonds is 17. The first-order valence-corrected chi connectivity index (χ1v) is 19.1. The zero-order valence-electron chi connectivity index (χ0n) is 33.8. The van der Waals surface area contributed by atoms with Gasteiger partial charge in [0, 0.05) is 25.2 Å². The van der Waals surface area contributed by atoms with E-state index in [9.17, 15) is 28.8 Å². The van der Waals surface area contributed by atoms with Crippen LogP contribution in [-0.4, -0.2) is 68.0 Å². The van der Waals surface area contributed by atoms with Gasteiger partial charge in [-0.2, -0.15) is 10.2 Å². The lowest BCUT2D eigenvalue weighted by Gasteiger charge is -2.19. The van der Waals surface area contributed by atoms with Gasteiger partial charge in [-0.25, -0.2) is 9.59 Å². The molecule has 0 unspecified atom stereocenters. The smallest absolute Gasteiger partial charge is 0.323 e. The standard InChI is InChI=1S/C42H44N10O8/c1-7-13-59-35-19-27(21(3)15-33(35)49-51-37(23(5)53)39(55)43-25-9-11-29-31(17-25)47-41(57)45-29)28-20-36(60-14-8-2)34(16-22(28)4)50-52-38(24(6)54)40(56)44-26-10-12-30-32(18-26)48-42(58)46-30/h9-12,15-20,49-50H,7-8,13-14H2,1-6H3,(H,43,55)(H,44,56)(H2,45,47,57)(H2,46,48,58)/b51-37+,52-38+. The van der Waals surface area contributed by atoms with Crippen molar-refractivity contribution in [3.05, 3.63) is 92.8 Å². The molecule has 18 heteroatoms. The highest BCUT2D eigenvalue weighted by Gasteiger charge is 2.21. The van der Waals surface area contributed by atoms with Gasteiger partial charge >= 0.3 is 11.4 Å². The zero-order valence-corrected chi connectivity index (χ0v) is 33.8. The molecule has 4 aromatic carbocycles. The summed E-state index contributed by atoms with van der Waals surface area (Å²) < 4.78 is 12.3. The zero-order chi connectivity index (χ0) is 43.1. The van der Waals surface area contributed by atoms with E-state index >= 15 is 0 Å². The molecule has 0 aliphatic carbocycles. The van der Waals surface area contributed by atoms with Crippen LogP contribution in [-0.2, 0) is 19.2 Å². The van der Waals surface area contributed by atoms with Gasteiger partial charge in [-0.1, -0.05) is 13.8 Å². The van der Waals surface area contributed by atoms with Crippen molar-refractivity contribution < 1.29 is 28.7 Å². The number of H-pyrrole nitrogens is 4. The summed E-state index contributed by atoms with van der Waals surface area (Å²) in [6.45, 7) is 10.9. The van der Waals surface area contributed by atoms with Crippen LogP contribution in [0, 0.1) is 13.8 Å². The highest BCUT2D eigenvalue weighted by Crippen LogP contribution is 2.40. The molecular formula is C42H44N10O8.